The molecule has 7 nitrogen and oxygen atoms in total. The third kappa shape index (κ3) is 5.65. The number of nitrogens with one attached hydrogen (secondary N) is 1. The summed E-state index contributed by atoms with van der Waals surface area (Å²) in [6.07, 6.45) is 0.332. The highest BCUT2D eigenvalue weighted by atomic mass is 35.5. The lowest BCUT2D eigenvalue weighted by Gasteiger charge is -2.57. The molecule has 1 saturated heterocycles. The maximum Gasteiger partial charge on any atom is 0.319 e. The molecular formula is C32H37ClN2O5. The molecule has 0 aromatic heterocycles. The molecular weight excluding hydrogens is 528 g/mol. The van der Waals surface area contributed by atoms with Crippen LogP contribution < -0.4 is 20.5 Å². The molecule has 0 radical (unpaired) electrons. The zero-order chi connectivity index (χ0) is 28.8. The van der Waals surface area contributed by atoms with Crippen molar-refractivity contribution >= 4 is 23.5 Å². The van der Waals surface area contributed by atoms with Crippen LogP contribution in [0.5, 0.6) is 11.5 Å². The molecule has 0 spiro atoms. The van der Waals surface area contributed by atoms with Crippen molar-refractivity contribution in [1.82, 2.24) is 5.32 Å². The van der Waals surface area contributed by atoms with Gasteiger partial charge in [-0.1, -0.05) is 73.1 Å². The quantitative estimate of drug-likeness (QED) is 0.194. The Kier molecular flexibility index (Phi) is 9.64. The number of piperidine rings is 1. The topological polar surface area (TPSA) is 99.9 Å². The number of hydrogen-bond acceptors (Lipinski definition) is 7. The Morgan fingerprint density at radius 3 is 2.00 bits per heavy atom. The lowest BCUT2D eigenvalue weighted by Crippen LogP contribution is -2.71. The summed E-state index contributed by atoms with van der Waals surface area (Å²) >= 11 is 6.85. The van der Waals surface area contributed by atoms with Gasteiger partial charge in [-0.2, -0.15) is 0 Å². The molecule has 4 rings (SSSR count). The van der Waals surface area contributed by atoms with Crippen molar-refractivity contribution in [1.29, 1.82) is 0 Å². The molecule has 8 heteroatoms. The van der Waals surface area contributed by atoms with Gasteiger partial charge < -0.3 is 25.3 Å². The molecule has 40 heavy (non-hydrogen) atoms. The summed E-state index contributed by atoms with van der Waals surface area (Å²) in [5.74, 6) is -0.858. The summed E-state index contributed by atoms with van der Waals surface area (Å²) in [5, 5.41) is 4.00. The van der Waals surface area contributed by atoms with E-state index in [2.05, 4.69) is 5.32 Å². The largest absolute Gasteiger partial charge is 0.426 e. The molecule has 3 aromatic rings. The van der Waals surface area contributed by atoms with E-state index < -0.39 is 40.8 Å². The van der Waals surface area contributed by atoms with Crippen molar-refractivity contribution in [3.63, 3.8) is 0 Å². The van der Waals surface area contributed by atoms with Gasteiger partial charge in [0, 0.05) is 29.6 Å². The predicted molar refractivity (Wildman–Crippen MR) is 155 cm³/mol. The zero-order valence-electron chi connectivity index (χ0n) is 23.1. The number of rotatable bonds is 10. The van der Waals surface area contributed by atoms with Gasteiger partial charge in [0.25, 0.3) is 0 Å². The van der Waals surface area contributed by atoms with Crippen molar-refractivity contribution in [2.24, 2.45) is 16.6 Å². The third-order valence-corrected chi connectivity index (χ3v) is 8.51. The fourth-order valence-corrected chi connectivity index (χ4v) is 6.19. The van der Waals surface area contributed by atoms with E-state index in [4.69, 9.17) is 31.5 Å². The number of para-hydroxylation sites is 2. The molecule has 1 heterocycles. The molecule has 0 aliphatic carbocycles. The fraction of sp³-hybridized carbons (Fsp3) is 0.375. The minimum absolute atomic E-state index is 0.185. The average molecular weight is 565 g/mol. The number of hydrogen-bond donors (Lipinski definition) is 2. The van der Waals surface area contributed by atoms with Crippen molar-refractivity contribution in [3.05, 3.63) is 95.5 Å². The first-order valence-electron chi connectivity index (χ1n) is 13.6. The van der Waals surface area contributed by atoms with Crippen molar-refractivity contribution in [2.75, 3.05) is 19.8 Å². The zero-order valence-corrected chi connectivity index (χ0v) is 23.9. The minimum atomic E-state index is -1.27. The maximum atomic E-state index is 14.5. The van der Waals surface area contributed by atoms with E-state index in [0.717, 1.165) is 0 Å². The van der Waals surface area contributed by atoms with Crippen LogP contribution in [0, 0.1) is 10.8 Å². The number of benzene rings is 3. The van der Waals surface area contributed by atoms with E-state index in [-0.39, 0.29) is 6.61 Å². The van der Waals surface area contributed by atoms with Gasteiger partial charge in [-0.25, -0.2) is 0 Å². The highest BCUT2D eigenvalue weighted by molar-refractivity contribution is 6.31. The van der Waals surface area contributed by atoms with Gasteiger partial charge in [0.1, 0.15) is 11.5 Å². The fourth-order valence-electron chi connectivity index (χ4n) is 5.95. The predicted octanol–water partition coefficient (Wildman–Crippen LogP) is 5.37. The standard InChI is InChI=1S/C32H37ClN2O5/c1-4-32(30(37)40-24-15-9-6-10-16-24)27(21-38-20-19-34)35-22(2)31(3,28(32)25-17-11-12-18-26(25)33)29(36)39-23-13-7-5-8-14-23/h5-18,22,27-28,35H,4,19-21,34H2,1-3H3. The average Bonchev–Trinajstić information content (AvgIpc) is 2.96. The third-order valence-electron chi connectivity index (χ3n) is 8.16. The lowest BCUT2D eigenvalue weighted by molar-refractivity contribution is -0.170. The van der Waals surface area contributed by atoms with Crippen molar-refractivity contribution < 1.29 is 23.8 Å². The molecule has 1 aliphatic rings. The monoisotopic (exact) mass is 564 g/mol. The number of esters is 2. The summed E-state index contributed by atoms with van der Waals surface area (Å²) in [6, 6.07) is 24.2. The van der Waals surface area contributed by atoms with Gasteiger partial charge in [0.2, 0.25) is 0 Å². The van der Waals surface area contributed by atoms with Crippen LogP contribution in [0.4, 0.5) is 0 Å². The number of carbonyl (C=O) groups excluding carboxylic acids is 2. The van der Waals surface area contributed by atoms with E-state index in [1.807, 2.05) is 51.1 Å². The summed E-state index contributed by atoms with van der Waals surface area (Å²) in [7, 11) is 0. The Morgan fingerprint density at radius 2 is 1.45 bits per heavy atom. The second kappa shape index (κ2) is 13.0. The van der Waals surface area contributed by atoms with Gasteiger partial charge in [0.05, 0.1) is 24.0 Å². The van der Waals surface area contributed by atoms with E-state index in [1.165, 1.54) is 0 Å². The second-order valence-electron chi connectivity index (χ2n) is 10.3. The van der Waals surface area contributed by atoms with Crippen LogP contribution in [0.1, 0.15) is 38.7 Å². The van der Waals surface area contributed by atoms with Crippen LogP contribution in [-0.2, 0) is 14.3 Å². The smallest absolute Gasteiger partial charge is 0.319 e. The molecule has 0 amide bonds. The van der Waals surface area contributed by atoms with E-state index >= 15 is 0 Å². The minimum Gasteiger partial charge on any atom is -0.426 e. The summed E-state index contributed by atoms with van der Waals surface area (Å²) in [6.45, 7) is 6.53. The number of halogens is 1. The summed E-state index contributed by atoms with van der Waals surface area (Å²) < 4.78 is 17.9. The normalized spacial score (nSPS) is 26.2. The first-order chi connectivity index (χ1) is 19.3. The summed E-state index contributed by atoms with van der Waals surface area (Å²) in [5.41, 5.74) is 3.87. The van der Waals surface area contributed by atoms with Crippen LogP contribution in [0.25, 0.3) is 0 Å². The Hall–Kier alpha value is -3.23. The summed E-state index contributed by atoms with van der Waals surface area (Å²) in [4.78, 5) is 28.7. The molecule has 1 aliphatic heterocycles. The Bertz CT molecular complexity index is 1290. The number of nitrogens with two attached hydrogens (primary N) is 1. The van der Waals surface area contributed by atoms with E-state index in [0.29, 0.717) is 41.7 Å². The van der Waals surface area contributed by atoms with Crippen molar-refractivity contribution in [3.8, 4) is 11.5 Å². The molecule has 3 N–H and O–H groups in total. The molecule has 5 unspecified atom stereocenters. The van der Waals surface area contributed by atoms with Crippen LogP contribution in [-0.4, -0.2) is 43.8 Å². The van der Waals surface area contributed by atoms with Crippen LogP contribution in [0.15, 0.2) is 84.9 Å². The lowest BCUT2D eigenvalue weighted by atomic mass is 9.51. The van der Waals surface area contributed by atoms with Crippen LogP contribution >= 0.6 is 11.6 Å². The van der Waals surface area contributed by atoms with Crippen molar-refractivity contribution in [2.45, 2.75) is 45.2 Å². The van der Waals surface area contributed by atoms with E-state index in [9.17, 15) is 9.59 Å². The maximum absolute atomic E-state index is 14.5. The van der Waals surface area contributed by atoms with Gasteiger partial charge in [-0.15, -0.1) is 0 Å². The Labute approximate surface area is 241 Å². The number of ether oxygens (including phenoxy) is 3. The molecule has 3 aromatic carbocycles. The number of carbonyl (C=O) groups is 2. The van der Waals surface area contributed by atoms with Crippen LogP contribution in [0.2, 0.25) is 5.02 Å². The molecule has 212 valence electrons. The second-order valence-corrected chi connectivity index (χ2v) is 10.7. The van der Waals surface area contributed by atoms with Gasteiger partial charge in [-0.3, -0.25) is 9.59 Å². The van der Waals surface area contributed by atoms with Crippen LogP contribution in [0.3, 0.4) is 0 Å². The SMILES string of the molecule is CCC1(C(=O)Oc2ccccc2)C(COCCN)NC(C)C(C)(C(=O)Oc2ccccc2)C1c1ccccc1Cl. The Balaban J connectivity index is 1.92. The van der Waals surface area contributed by atoms with Gasteiger partial charge in [0.15, 0.2) is 0 Å². The van der Waals surface area contributed by atoms with Gasteiger partial charge in [-0.05, 0) is 56.2 Å². The molecule has 1 fully saturated rings. The first kappa shape index (κ1) is 29.7. The van der Waals surface area contributed by atoms with Gasteiger partial charge >= 0.3 is 11.9 Å². The highest BCUT2D eigenvalue weighted by Gasteiger charge is 2.66. The van der Waals surface area contributed by atoms with E-state index in [1.54, 1.807) is 54.6 Å². The highest BCUT2D eigenvalue weighted by Crippen LogP contribution is 2.58. The Morgan fingerprint density at radius 1 is 0.900 bits per heavy atom. The first-order valence-corrected chi connectivity index (χ1v) is 14.0. The molecule has 0 bridgehead atoms. The molecule has 0 saturated carbocycles. The molecule has 5 atom stereocenters.